The Morgan fingerprint density at radius 2 is 1.94 bits per heavy atom. The fourth-order valence-corrected chi connectivity index (χ4v) is 2.61. The van der Waals surface area contributed by atoms with Crippen LogP contribution in [0.5, 0.6) is 0 Å². The first-order valence-electron chi connectivity index (χ1n) is 6.15. The summed E-state index contributed by atoms with van der Waals surface area (Å²) in [4.78, 5) is 11.9. The molecule has 0 saturated heterocycles. The van der Waals surface area contributed by atoms with Crippen LogP contribution in [0.2, 0.25) is 0 Å². The first kappa shape index (κ1) is 11.3. The van der Waals surface area contributed by atoms with Crippen molar-refractivity contribution in [1.82, 2.24) is 0 Å². The van der Waals surface area contributed by atoms with Crippen LogP contribution in [0, 0.1) is 0 Å². The lowest BCUT2D eigenvalue weighted by atomic mass is 9.90. The summed E-state index contributed by atoms with van der Waals surface area (Å²) in [5.74, 6) is 0.794. The largest absolute Gasteiger partial charge is 0.330 e. The number of Topliss-reactive ketones (excluding diaryl/α,β-unsaturated/α-hetero) is 1. The van der Waals surface area contributed by atoms with Crippen molar-refractivity contribution in [2.75, 3.05) is 6.54 Å². The molecule has 1 aromatic rings. The van der Waals surface area contributed by atoms with Crippen molar-refractivity contribution in [3.8, 4) is 0 Å². The third kappa shape index (κ3) is 2.33. The van der Waals surface area contributed by atoms with Gasteiger partial charge in [0.1, 0.15) is 0 Å². The Hall–Kier alpha value is -1.15. The highest BCUT2D eigenvalue weighted by atomic mass is 16.1. The van der Waals surface area contributed by atoms with Crippen LogP contribution in [0.15, 0.2) is 24.3 Å². The number of hydrogen-bond donors (Lipinski definition) is 1. The number of benzene rings is 1. The molecule has 0 amide bonds. The molecule has 0 aliphatic heterocycles. The molecular weight excluding hydrogens is 198 g/mol. The molecule has 0 heterocycles. The highest BCUT2D eigenvalue weighted by Gasteiger charge is 2.21. The van der Waals surface area contributed by atoms with Gasteiger partial charge in [0.25, 0.3) is 0 Å². The third-order valence-corrected chi connectivity index (χ3v) is 3.43. The van der Waals surface area contributed by atoms with Gasteiger partial charge in [-0.3, -0.25) is 4.79 Å². The Kier molecular flexibility index (Phi) is 3.73. The second kappa shape index (κ2) is 5.26. The maximum atomic E-state index is 11.9. The van der Waals surface area contributed by atoms with E-state index in [1.54, 1.807) is 0 Å². The molecule has 0 spiro atoms. The molecule has 0 bridgehead atoms. The van der Waals surface area contributed by atoms with Gasteiger partial charge in [-0.1, -0.05) is 37.1 Å². The van der Waals surface area contributed by atoms with Crippen LogP contribution in [0.3, 0.4) is 0 Å². The van der Waals surface area contributed by atoms with Crippen LogP contribution < -0.4 is 5.73 Å². The van der Waals surface area contributed by atoms with Gasteiger partial charge in [-0.05, 0) is 30.9 Å². The minimum Gasteiger partial charge on any atom is -0.330 e. The fraction of sp³-hybridized carbons (Fsp3) is 0.500. The molecule has 0 atom stereocenters. The summed E-state index contributed by atoms with van der Waals surface area (Å²) < 4.78 is 0. The molecule has 0 radical (unpaired) electrons. The number of carbonyl (C=O) groups excluding carboxylic acids is 1. The summed E-state index contributed by atoms with van der Waals surface area (Å²) in [5, 5.41) is 0. The summed E-state index contributed by atoms with van der Waals surface area (Å²) in [6.07, 6.45) is 5.51. The Bertz CT molecular complexity index is 367. The van der Waals surface area contributed by atoms with Crippen molar-refractivity contribution in [2.24, 2.45) is 5.73 Å². The van der Waals surface area contributed by atoms with Gasteiger partial charge in [-0.25, -0.2) is 0 Å². The van der Waals surface area contributed by atoms with Gasteiger partial charge < -0.3 is 5.73 Å². The Morgan fingerprint density at radius 3 is 2.62 bits per heavy atom. The molecule has 1 aliphatic carbocycles. The Balaban J connectivity index is 2.26. The van der Waals surface area contributed by atoms with E-state index < -0.39 is 0 Å². The number of hydrogen-bond acceptors (Lipinski definition) is 2. The predicted octanol–water partition coefficient (Wildman–Crippen LogP) is 2.88. The van der Waals surface area contributed by atoms with Gasteiger partial charge in [-0.2, -0.15) is 0 Å². The first-order valence-corrected chi connectivity index (χ1v) is 6.15. The molecule has 1 fully saturated rings. The van der Waals surface area contributed by atoms with Gasteiger partial charge in [-0.15, -0.1) is 0 Å². The molecule has 1 aromatic carbocycles. The second-order valence-electron chi connectivity index (χ2n) is 4.53. The number of carbonyl (C=O) groups is 1. The minimum absolute atomic E-state index is 0.199. The second-order valence-corrected chi connectivity index (χ2v) is 4.53. The van der Waals surface area contributed by atoms with Crippen molar-refractivity contribution in [1.29, 1.82) is 0 Å². The summed E-state index contributed by atoms with van der Waals surface area (Å²) in [6.45, 7) is 0.442. The minimum atomic E-state index is 0.199. The lowest BCUT2D eigenvalue weighted by Crippen LogP contribution is -2.11. The molecule has 1 saturated carbocycles. The highest BCUT2D eigenvalue weighted by molar-refractivity contribution is 5.97. The summed E-state index contributed by atoms with van der Waals surface area (Å²) in [5.41, 5.74) is 7.60. The van der Waals surface area contributed by atoms with Crippen molar-refractivity contribution < 1.29 is 4.79 Å². The number of rotatable bonds is 4. The number of ketones is 1. The molecule has 2 nitrogen and oxygen atoms in total. The molecule has 2 N–H and O–H groups in total. The average Bonchev–Trinajstić information content (AvgIpc) is 2.83. The van der Waals surface area contributed by atoms with Gasteiger partial charge in [0.05, 0.1) is 0 Å². The van der Waals surface area contributed by atoms with Gasteiger partial charge in [0.2, 0.25) is 0 Å². The van der Waals surface area contributed by atoms with Crippen LogP contribution in [0.1, 0.15) is 53.9 Å². The normalized spacial score (nSPS) is 16.6. The van der Waals surface area contributed by atoms with Gasteiger partial charge in [0.15, 0.2) is 5.78 Å². The highest BCUT2D eigenvalue weighted by Crippen LogP contribution is 2.35. The molecule has 86 valence electrons. The Labute approximate surface area is 96.8 Å². The van der Waals surface area contributed by atoms with Crippen LogP contribution in [0.25, 0.3) is 0 Å². The average molecular weight is 217 g/mol. The standard InChI is InChI=1S/C14H19NO/c15-10-9-14(16)13-8-4-3-7-12(13)11-5-1-2-6-11/h3-4,7-8,11H,1-2,5-6,9-10,15H2. The predicted molar refractivity (Wildman–Crippen MR) is 65.7 cm³/mol. The van der Waals surface area contributed by atoms with E-state index in [-0.39, 0.29) is 5.78 Å². The molecule has 2 rings (SSSR count). The quantitative estimate of drug-likeness (QED) is 0.788. The maximum absolute atomic E-state index is 11.9. The van der Waals surface area contributed by atoms with Gasteiger partial charge >= 0.3 is 0 Å². The van der Waals surface area contributed by atoms with E-state index in [2.05, 4.69) is 6.07 Å². The third-order valence-electron chi connectivity index (χ3n) is 3.43. The number of nitrogens with two attached hydrogens (primary N) is 1. The zero-order valence-corrected chi connectivity index (χ0v) is 9.61. The van der Waals surface area contributed by atoms with Gasteiger partial charge in [0, 0.05) is 12.0 Å². The molecule has 16 heavy (non-hydrogen) atoms. The SMILES string of the molecule is NCCC(=O)c1ccccc1C1CCCC1. The summed E-state index contributed by atoms with van der Waals surface area (Å²) >= 11 is 0. The first-order chi connectivity index (χ1) is 7.83. The molecule has 2 heteroatoms. The molecule has 1 aliphatic rings. The summed E-state index contributed by atoms with van der Waals surface area (Å²) in [7, 11) is 0. The fourth-order valence-electron chi connectivity index (χ4n) is 2.61. The molecule has 0 aromatic heterocycles. The topological polar surface area (TPSA) is 43.1 Å². The Morgan fingerprint density at radius 1 is 1.25 bits per heavy atom. The zero-order chi connectivity index (χ0) is 11.4. The van der Waals surface area contributed by atoms with Crippen LogP contribution in [-0.2, 0) is 0 Å². The molecule has 0 unspecified atom stereocenters. The zero-order valence-electron chi connectivity index (χ0n) is 9.61. The van der Waals surface area contributed by atoms with Crippen molar-refractivity contribution in [2.45, 2.75) is 38.0 Å². The maximum Gasteiger partial charge on any atom is 0.164 e. The summed E-state index contributed by atoms with van der Waals surface area (Å²) in [6, 6.07) is 8.04. The lowest BCUT2D eigenvalue weighted by Gasteiger charge is -2.14. The lowest BCUT2D eigenvalue weighted by molar-refractivity contribution is 0.0984. The van der Waals surface area contributed by atoms with E-state index in [1.165, 1.54) is 31.2 Å². The van der Waals surface area contributed by atoms with E-state index in [1.807, 2.05) is 18.2 Å². The van der Waals surface area contributed by atoms with E-state index in [9.17, 15) is 4.79 Å². The van der Waals surface area contributed by atoms with E-state index in [0.29, 0.717) is 18.9 Å². The smallest absolute Gasteiger partial charge is 0.164 e. The van der Waals surface area contributed by atoms with Crippen molar-refractivity contribution >= 4 is 5.78 Å². The van der Waals surface area contributed by atoms with E-state index >= 15 is 0 Å². The van der Waals surface area contributed by atoms with E-state index in [0.717, 1.165) is 5.56 Å². The van der Waals surface area contributed by atoms with Crippen LogP contribution in [-0.4, -0.2) is 12.3 Å². The van der Waals surface area contributed by atoms with Crippen molar-refractivity contribution in [3.05, 3.63) is 35.4 Å². The van der Waals surface area contributed by atoms with E-state index in [4.69, 9.17) is 5.73 Å². The van der Waals surface area contributed by atoms with Crippen LogP contribution >= 0.6 is 0 Å². The van der Waals surface area contributed by atoms with Crippen LogP contribution in [0.4, 0.5) is 0 Å². The molecular formula is C14H19NO. The monoisotopic (exact) mass is 217 g/mol. The van der Waals surface area contributed by atoms with Crippen molar-refractivity contribution in [3.63, 3.8) is 0 Å².